The Labute approximate surface area is 123 Å². The summed E-state index contributed by atoms with van der Waals surface area (Å²) in [6.45, 7) is 6.48. The van der Waals surface area contributed by atoms with E-state index in [2.05, 4.69) is 32.8 Å². The summed E-state index contributed by atoms with van der Waals surface area (Å²) in [5.74, 6) is 1.46. The molecule has 0 radical (unpaired) electrons. The van der Waals surface area contributed by atoms with Crippen molar-refractivity contribution < 1.29 is 9.53 Å². The van der Waals surface area contributed by atoms with Gasteiger partial charge in [0.25, 0.3) is 0 Å². The molecule has 4 atom stereocenters. The fraction of sp³-hybridized carbons (Fsp3) is 0.938. The smallest absolute Gasteiger partial charge is 0.248 e. The standard InChI is InChI=1S/C16H30N2O2/c1-12-6-5-7-14(8-12)20-11-16(19)18-9-13(2)15(10-18)17(3)4/h12-15H,5-11H2,1-4H3. The molecule has 2 fully saturated rings. The molecule has 1 aliphatic carbocycles. The van der Waals surface area contributed by atoms with E-state index in [4.69, 9.17) is 4.74 Å². The molecule has 0 aromatic rings. The molecule has 1 heterocycles. The van der Waals surface area contributed by atoms with Crippen molar-refractivity contribution in [1.82, 2.24) is 9.80 Å². The Bertz CT molecular complexity index is 332. The molecule has 2 rings (SSSR count). The summed E-state index contributed by atoms with van der Waals surface area (Å²) < 4.78 is 5.85. The molecular formula is C16H30N2O2. The van der Waals surface area contributed by atoms with Gasteiger partial charge in [-0.3, -0.25) is 4.79 Å². The minimum Gasteiger partial charge on any atom is -0.368 e. The molecule has 0 N–H and O–H groups in total. The van der Waals surface area contributed by atoms with Crippen molar-refractivity contribution in [3.63, 3.8) is 0 Å². The van der Waals surface area contributed by atoms with Gasteiger partial charge in [0, 0.05) is 19.1 Å². The van der Waals surface area contributed by atoms with Crippen LogP contribution >= 0.6 is 0 Å². The normalized spacial score (nSPS) is 34.8. The second-order valence-electron chi connectivity index (χ2n) is 7.01. The molecule has 0 aromatic carbocycles. The quantitative estimate of drug-likeness (QED) is 0.790. The van der Waals surface area contributed by atoms with Gasteiger partial charge in [-0.05, 0) is 38.8 Å². The van der Waals surface area contributed by atoms with Crippen LogP contribution in [0.1, 0.15) is 39.5 Å². The lowest BCUT2D eigenvalue weighted by atomic mass is 9.89. The average molecular weight is 282 g/mol. The van der Waals surface area contributed by atoms with E-state index in [1.54, 1.807) is 0 Å². The van der Waals surface area contributed by atoms with Crippen molar-refractivity contribution in [2.75, 3.05) is 33.8 Å². The molecule has 4 nitrogen and oxygen atoms in total. The predicted molar refractivity (Wildman–Crippen MR) is 80.6 cm³/mol. The highest BCUT2D eigenvalue weighted by atomic mass is 16.5. The van der Waals surface area contributed by atoms with Gasteiger partial charge in [0.15, 0.2) is 0 Å². The number of likely N-dealkylation sites (tertiary alicyclic amines) is 1. The van der Waals surface area contributed by atoms with Crippen LogP contribution in [0.15, 0.2) is 0 Å². The summed E-state index contributed by atoms with van der Waals surface area (Å²) in [5.41, 5.74) is 0. The van der Waals surface area contributed by atoms with Crippen LogP contribution in [0.5, 0.6) is 0 Å². The molecule has 1 amide bonds. The van der Waals surface area contributed by atoms with Crippen molar-refractivity contribution in [3.8, 4) is 0 Å². The van der Waals surface area contributed by atoms with Gasteiger partial charge in [-0.15, -0.1) is 0 Å². The average Bonchev–Trinajstić information content (AvgIpc) is 2.78. The molecule has 2 aliphatic rings. The molecule has 1 saturated heterocycles. The van der Waals surface area contributed by atoms with Crippen LogP contribution in [-0.4, -0.2) is 61.6 Å². The van der Waals surface area contributed by atoms with E-state index in [-0.39, 0.29) is 12.5 Å². The van der Waals surface area contributed by atoms with Gasteiger partial charge < -0.3 is 14.5 Å². The minimum absolute atomic E-state index is 0.166. The van der Waals surface area contributed by atoms with Crippen molar-refractivity contribution in [2.24, 2.45) is 11.8 Å². The maximum absolute atomic E-state index is 12.3. The van der Waals surface area contributed by atoms with Crippen LogP contribution in [0.3, 0.4) is 0 Å². The molecular weight excluding hydrogens is 252 g/mol. The summed E-state index contributed by atoms with van der Waals surface area (Å²) >= 11 is 0. The molecule has 0 aromatic heterocycles. The lowest BCUT2D eigenvalue weighted by molar-refractivity contribution is -0.138. The molecule has 0 spiro atoms. The second-order valence-corrected chi connectivity index (χ2v) is 7.01. The highest BCUT2D eigenvalue weighted by molar-refractivity contribution is 5.77. The first kappa shape index (κ1) is 15.8. The Morgan fingerprint density at radius 1 is 1.25 bits per heavy atom. The van der Waals surface area contributed by atoms with Crippen molar-refractivity contribution in [1.29, 1.82) is 0 Å². The minimum atomic E-state index is 0.166. The first-order valence-corrected chi connectivity index (χ1v) is 8.03. The molecule has 4 unspecified atom stereocenters. The summed E-state index contributed by atoms with van der Waals surface area (Å²) in [6, 6.07) is 0.480. The lowest BCUT2D eigenvalue weighted by Crippen LogP contribution is -2.37. The Morgan fingerprint density at radius 2 is 2.00 bits per heavy atom. The third-order valence-electron chi connectivity index (χ3n) is 4.92. The van der Waals surface area contributed by atoms with E-state index in [1.165, 1.54) is 12.8 Å². The monoisotopic (exact) mass is 282 g/mol. The molecule has 1 saturated carbocycles. The van der Waals surface area contributed by atoms with Crippen molar-refractivity contribution >= 4 is 5.91 Å². The van der Waals surface area contributed by atoms with E-state index in [0.717, 1.165) is 31.8 Å². The van der Waals surface area contributed by atoms with E-state index in [0.29, 0.717) is 18.1 Å². The number of ether oxygens (including phenoxy) is 1. The summed E-state index contributed by atoms with van der Waals surface area (Å²) in [5, 5.41) is 0. The summed E-state index contributed by atoms with van der Waals surface area (Å²) in [4.78, 5) is 16.5. The molecule has 1 aliphatic heterocycles. The van der Waals surface area contributed by atoms with Crippen LogP contribution < -0.4 is 0 Å². The Balaban J connectivity index is 1.75. The van der Waals surface area contributed by atoms with Gasteiger partial charge in [-0.1, -0.05) is 26.7 Å². The molecule has 20 heavy (non-hydrogen) atoms. The van der Waals surface area contributed by atoms with Gasteiger partial charge in [0.2, 0.25) is 5.91 Å². The lowest BCUT2D eigenvalue weighted by Gasteiger charge is -2.27. The Kier molecular flexibility index (Phi) is 5.44. The van der Waals surface area contributed by atoms with Gasteiger partial charge in [-0.25, -0.2) is 0 Å². The topological polar surface area (TPSA) is 32.8 Å². The maximum Gasteiger partial charge on any atom is 0.248 e. The Morgan fingerprint density at radius 3 is 2.60 bits per heavy atom. The zero-order valence-electron chi connectivity index (χ0n) is 13.5. The van der Waals surface area contributed by atoms with Crippen LogP contribution in [0, 0.1) is 11.8 Å². The van der Waals surface area contributed by atoms with Crippen LogP contribution in [0.4, 0.5) is 0 Å². The zero-order chi connectivity index (χ0) is 14.7. The SMILES string of the molecule is CC1CCCC(OCC(=O)N2CC(C)C(N(C)C)C2)C1. The third-order valence-corrected chi connectivity index (χ3v) is 4.92. The fourth-order valence-electron chi connectivity index (χ4n) is 3.64. The highest BCUT2D eigenvalue weighted by Crippen LogP contribution is 2.26. The summed E-state index contributed by atoms with van der Waals surface area (Å²) in [7, 11) is 4.18. The number of hydrogen-bond donors (Lipinski definition) is 0. The molecule has 116 valence electrons. The van der Waals surface area contributed by atoms with Gasteiger partial charge in [0.05, 0.1) is 6.10 Å². The van der Waals surface area contributed by atoms with Crippen LogP contribution in [0.25, 0.3) is 0 Å². The zero-order valence-corrected chi connectivity index (χ0v) is 13.5. The van der Waals surface area contributed by atoms with Gasteiger partial charge in [-0.2, -0.15) is 0 Å². The third kappa shape index (κ3) is 3.95. The summed E-state index contributed by atoms with van der Waals surface area (Å²) in [6.07, 6.45) is 5.08. The molecule has 0 bridgehead atoms. The van der Waals surface area contributed by atoms with Crippen LogP contribution in [0.2, 0.25) is 0 Å². The van der Waals surface area contributed by atoms with Crippen molar-refractivity contribution in [3.05, 3.63) is 0 Å². The number of likely N-dealkylation sites (N-methyl/N-ethyl adjacent to an activating group) is 1. The Hall–Kier alpha value is -0.610. The number of carbonyl (C=O) groups is 1. The molecule has 4 heteroatoms. The number of carbonyl (C=O) groups excluding carboxylic acids is 1. The highest BCUT2D eigenvalue weighted by Gasteiger charge is 2.33. The van der Waals surface area contributed by atoms with Gasteiger partial charge >= 0.3 is 0 Å². The number of rotatable bonds is 4. The maximum atomic E-state index is 12.3. The van der Waals surface area contributed by atoms with Gasteiger partial charge in [0.1, 0.15) is 6.61 Å². The van der Waals surface area contributed by atoms with E-state index in [1.807, 2.05) is 4.90 Å². The number of nitrogens with zero attached hydrogens (tertiary/aromatic N) is 2. The first-order valence-electron chi connectivity index (χ1n) is 8.03. The van der Waals surface area contributed by atoms with E-state index in [9.17, 15) is 4.79 Å². The number of hydrogen-bond acceptors (Lipinski definition) is 3. The predicted octanol–water partition coefficient (Wildman–Crippen LogP) is 1.99. The van der Waals surface area contributed by atoms with E-state index < -0.39 is 0 Å². The number of amides is 1. The largest absolute Gasteiger partial charge is 0.368 e. The second kappa shape index (κ2) is 6.90. The van der Waals surface area contributed by atoms with E-state index >= 15 is 0 Å². The van der Waals surface area contributed by atoms with Crippen molar-refractivity contribution in [2.45, 2.75) is 51.7 Å². The fourth-order valence-corrected chi connectivity index (χ4v) is 3.64. The van der Waals surface area contributed by atoms with Crippen LogP contribution in [-0.2, 0) is 9.53 Å². The first-order chi connectivity index (χ1) is 9.47.